The molecule has 1 saturated heterocycles. The molecule has 1 saturated carbocycles. The summed E-state index contributed by atoms with van der Waals surface area (Å²) in [6.45, 7) is 2.12. The van der Waals surface area contributed by atoms with Gasteiger partial charge in [0.1, 0.15) is 0 Å². The standard InChI is InChI=1S/C27H21NO2/c1-16(17-8-3-2-4-9-17)23-20-14-15-21(23)25-24(20)26(29)28(27(25)30)22-13-7-11-18-10-5-6-12-19(18)22/h2-15,20-21,24-25H,1H3/t20-,21-,24+,25+/m1/s1. The van der Waals surface area contributed by atoms with E-state index in [1.165, 1.54) is 16.0 Å². The molecule has 3 heteroatoms. The second-order valence-electron chi connectivity index (χ2n) is 8.44. The topological polar surface area (TPSA) is 37.4 Å². The largest absolute Gasteiger partial charge is 0.274 e. The summed E-state index contributed by atoms with van der Waals surface area (Å²) < 4.78 is 0. The van der Waals surface area contributed by atoms with Crippen molar-refractivity contribution in [1.29, 1.82) is 0 Å². The lowest BCUT2D eigenvalue weighted by Crippen LogP contribution is -2.33. The quantitative estimate of drug-likeness (QED) is 0.443. The molecule has 3 aromatic carbocycles. The van der Waals surface area contributed by atoms with Crippen molar-refractivity contribution in [3.8, 4) is 0 Å². The minimum atomic E-state index is -0.292. The minimum absolute atomic E-state index is 0.0108. The second-order valence-corrected chi connectivity index (χ2v) is 8.44. The summed E-state index contributed by atoms with van der Waals surface area (Å²) in [7, 11) is 0. The number of fused-ring (bicyclic) bond motifs is 6. The molecule has 3 nitrogen and oxygen atoms in total. The fraction of sp³-hybridized carbons (Fsp3) is 0.185. The molecule has 2 fully saturated rings. The first-order chi connectivity index (χ1) is 14.7. The Bertz CT molecular complexity index is 1230. The van der Waals surface area contributed by atoms with Crippen LogP contribution in [-0.2, 0) is 9.59 Å². The number of hydrogen-bond donors (Lipinski definition) is 0. The predicted octanol–water partition coefficient (Wildman–Crippen LogP) is 5.23. The van der Waals surface area contributed by atoms with E-state index in [0.717, 1.165) is 16.3 Å². The molecule has 3 aliphatic rings. The van der Waals surface area contributed by atoms with Crippen LogP contribution in [0.4, 0.5) is 5.69 Å². The van der Waals surface area contributed by atoms with E-state index in [4.69, 9.17) is 0 Å². The summed E-state index contributed by atoms with van der Waals surface area (Å²) in [5, 5.41) is 1.98. The Morgan fingerprint density at radius 3 is 2.03 bits per heavy atom. The molecule has 0 radical (unpaired) electrons. The molecule has 0 unspecified atom stereocenters. The molecule has 30 heavy (non-hydrogen) atoms. The highest BCUT2D eigenvalue weighted by Crippen LogP contribution is 2.58. The lowest BCUT2D eigenvalue weighted by atomic mass is 9.85. The number of carbonyl (C=O) groups is 2. The molecule has 0 spiro atoms. The van der Waals surface area contributed by atoms with Gasteiger partial charge in [0.25, 0.3) is 0 Å². The number of allylic oxidation sites excluding steroid dienone is 4. The fourth-order valence-corrected chi connectivity index (χ4v) is 5.76. The van der Waals surface area contributed by atoms with Crippen molar-refractivity contribution in [1.82, 2.24) is 0 Å². The molecule has 6 rings (SSSR count). The smallest absolute Gasteiger partial charge is 0.238 e. The highest BCUT2D eigenvalue weighted by atomic mass is 16.2. The lowest BCUT2D eigenvalue weighted by Gasteiger charge is -2.21. The number of anilines is 1. The molecular formula is C27H21NO2. The monoisotopic (exact) mass is 391 g/mol. The molecular weight excluding hydrogens is 370 g/mol. The van der Waals surface area contributed by atoms with Gasteiger partial charge in [0.05, 0.1) is 17.5 Å². The zero-order valence-corrected chi connectivity index (χ0v) is 16.7. The van der Waals surface area contributed by atoms with E-state index >= 15 is 0 Å². The third kappa shape index (κ3) is 2.20. The van der Waals surface area contributed by atoms with Gasteiger partial charge < -0.3 is 0 Å². The summed E-state index contributed by atoms with van der Waals surface area (Å²) in [6.07, 6.45) is 4.29. The first kappa shape index (κ1) is 17.4. The van der Waals surface area contributed by atoms with Crippen LogP contribution in [0.2, 0.25) is 0 Å². The van der Waals surface area contributed by atoms with Crippen molar-refractivity contribution < 1.29 is 9.59 Å². The Hall–Kier alpha value is -3.46. The maximum atomic E-state index is 13.6. The van der Waals surface area contributed by atoms with Gasteiger partial charge in [-0.2, -0.15) is 0 Å². The average Bonchev–Trinajstić information content (AvgIpc) is 3.43. The Balaban J connectivity index is 1.45. The van der Waals surface area contributed by atoms with Crippen LogP contribution in [-0.4, -0.2) is 11.8 Å². The van der Waals surface area contributed by atoms with Crippen molar-refractivity contribution in [2.24, 2.45) is 23.7 Å². The van der Waals surface area contributed by atoms with Crippen LogP contribution >= 0.6 is 0 Å². The van der Waals surface area contributed by atoms with E-state index in [1.54, 1.807) is 0 Å². The molecule has 0 N–H and O–H groups in total. The number of hydrogen-bond acceptors (Lipinski definition) is 2. The fourth-order valence-electron chi connectivity index (χ4n) is 5.76. The Morgan fingerprint density at radius 1 is 0.733 bits per heavy atom. The number of benzene rings is 3. The van der Waals surface area contributed by atoms with Crippen LogP contribution in [0.15, 0.2) is 90.5 Å². The molecule has 0 aromatic heterocycles. The maximum absolute atomic E-state index is 13.6. The molecule has 3 aromatic rings. The summed E-state index contributed by atoms with van der Waals surface area (Å²) in [6, 6.07) is 24.0. The van der Waals surface area contributed by atoms with E-state index in [1.807, 2.05) is 60.7 Å². The molecule has 2 aliphatic carbocycles. The Morgan fingerprint density at radius 2 is 1.33 bits per heavy atom. The van der Waals surface area contributed by atoms with E-state index in [-0.39, 0.29) is 35.5 Å². The third-order valence-corrected chi connectivity index (χ3v) is 7.06. The van der Waals surface area contributed by atoms with E-state index in [0.29, 0.717) is 5.69 Å². The first-order valence-electron chi connectivity index (χ1n) is 10.5. The highest BCUT2D eigenvalue weighted by molar-refractivity contribution is 6.26. The van der Waals surface area contributed by atoms with Gasteiger partial charge in [-0.25, -0.2) is 4.90 Å². The van der Waals surface area contributed by atoms with Crippen LogP contribution in [0.5, 0.6) is 0 Å². The number of amides is 2. The summed E-state index contributed by atoms with van der Waals surface area (Å²) in [5.41, 5.74) is 4.32. The van der Waals surface area contributed by atoms with Gasteiger partial charge >= 0.3 is 0 Å². The summed E-state index contributed by atoms with van der Waals surface area (Å²) in [5.74, 6) is -0.679. The normalized spacial score (nSPS) is 26.7. The molecule has 1 heterocycles. The second kappa shape index (κ2) is 6.27. The van der Waals surface area contributed by atoms with Crippen LogP contribution < -0.4 is 4.90 Å². The lowest BCUT2D eigenvalue weighted by molar-refractivity contribution is -0.122. The first-order valence-corrected chi connectivity index (χ1v) is 10.5. The van der Waals surface area contributed by atoms with E-state index in [2.05, 4.69) is 31.2 Å². The number of nitrogens with zero attached hydrogens (tertiary/aromatic N) is 1. The summed E-state index contributed by atoms with van der Waals surface area (Å²) in [4.78, 5) is 28.6. The number of imide groups is 1. The van der Waals surface area contributed by atoms with Crippen molar-refractivity contribution in [3.63, 3.8) is 0 Å². The minimum Gasteiger partial charge on any atom is -0.274 e. The third-order valence-electron chi connectivity index (χ3n) is 7.06. The van der Waals surface area contributed by atoms with E-state index < -0.39 is 0 Å². The zero-order chi connectivity index (χ0) is 20.4. The zero-order valence-electron chi connectivity index (χ0n) is 16.7. The Labute approximate surface area is 175 Å². The van der Waals surface area contributed by atoms with Gasteiger partial charge in [0.2, 0.25) is 11.8 Å². The van der Waals surface area contributed by atoms with Gasteiger partial charge in [0.15, 0.2) is 0 Å². The SMILES string of the molecule is CC(=C1[C@H]2C=C[C@H]1[C@@H]1C(=O)N(c3cccc4ccccc34)C(=O)[C@H]12)c1ccccc1. The molecule has 146 valence electrons. The average molecular weight is 391 g/mol. The Kier molecular flexibility index (Phi) is 3.64. The molecule has 2 amide bonds. The maximum Gasteiger partial charge on any atom is 0.238 e. The van der Waals surface area contributed by atoms with Crippen molar-refractivity contribution in [3.05, 3.63) is 96.1 Å². The van der Waals surface area contributed by atoms with Crippen LogP contribution in [0.3, 0.4) is 0 Å². The molecule has 4 atom stereocenters. The predicted molar refractivity (Wildman–Crippen MR) is 119 cm³/mol. The molecule has 2 bridgehead atoms. The van der Waals surface area contributed by atoms with Crippen molar-refractivity contribution in [2.75, 3.05) is 4.90 Å². The van der Waals surface area contributed by atoms with E-state index in [9.17, 15) is 9.59 Å². The van der Waals surface area contributed by atoms with Crippen molar-refractivity contribution >= 4 is 33.8 Å². The van der Waals surface area contributed by atoms with Crippen LogP contribution in [0, 0.1) is 23.7 Å². The van der Waals surface area contributed by atoms with Gasteiger partial charge in [-0.1, -0.05) is 84.5 Å². The molecule has 1 aliphatic heterocycles. The van der Waals surface area contributed by atoms with Gasteiger partial charge in [0, 0.05) is 17.2 Å². The number of carbonyl (C=O) groups excluding carboxylic acids is 2. The van der Waals surface area contributed by atoms with Gasteiger partial charge in [-0.3, -0.25) is 9.59 Å². The van der Waals surface area contributed by atoms with Crippen LogP contribution in [0.25, 0.3) is 16.3 Å². The van der Waals surface area contributed by atoms with Gasteiger partial charge in [-0.05, 0) is 29.5 Å². The summed E-state index contributed by atoms with van der Waals surface area (Å²) >= 11 is 0. The van der Waals surface area contributed by atoms with Gasteiger partial charge in [-0.15, -0.1) is 0 Å². The highest BCUT2D eigenvalue weighted by Gasteiger charge is 2.62. The van der Waals surface area contributed by atoms with Crippen LogP contribution in [0.1, 0.15) is 12.5 Å². The number of rotatable bonds is 2. The van der Waals surface area contributed by atoms with Crippen molar-refractivity contribution in [2.45, 2.75) is 6.92 Å².